The molecule has 1 fully saturated rings. The fourth-order valence-electron chi connectivity index (χ4n) is 2.79. The number of hydrogen-bond donors (Lipinski definition) is 1. The summed E-state index contributed by atoms with van der Waals surface area (Å²) in [7, 11) is 1.77. The molecule has 1 aromatic carbocycles. The molecule has 19 heavy (non-hydrogen) atoms. The van der Waals surface area contributed by atoms with E-state index in [4.69, 9.17) is 4.74 Å². The molecule has 2 rings (SSSR count). The van der Waals surface area contributed by atoms with E-state index in [0.717, 1.165) is 12.3 Å². The third-order valence-corrected chi connectivity index (χ3v) is 5.19. The van der Waals surface area contributed by atoms with Gasteiger partial charge in [0.1, 0.15) is 5.75 Å². The molecule has 0 aromatic heterocycles. The van der Waals surface area contributed by atoms with Gasteiger partial charge < -0.3 is 10.1 Å². The van der Waals surface area contributed by atoms with Crippen LogP contribution in [0.4, 0.5) is 0 Å². The van der Waals surface area contributed by atoms with Gasteiger partial charge in [-0.1, -0.05) is 31.0 Å². The Hall–Kier alpha value is -0.670. The fourth-order valence-corrected chi connectivity index (χ4v) is 4.23. The Labute approximate surface area is 121 Å². The highest BCUT2D eigenvalue weighted by atomic mass is 32.2. The van der Waals surface area contributed by atoms with Gasteiger partial charge in [-0.25, -0.2) is 0 Å². The highest BCUT2D eigenvalue weighted by Crippen LogP contribution is 2.38. The second-order valence-corrected chi connectivity index (χ2v) is 6.53. The lowest BCUT2D eigenvalue weighted by atomic mass is 9.97. The van der Waals surface area contributed by atoms with Gasteiger partial charge in [-0.15, -0.1) is 0 Å². The van der Waals surface area contributed by atoms with Crippen molar-refractivity contribution in [1.82, 2.24) is 5.32 Å². The lowest BCUT2D eigenvalue weighted by Gasteiger charge is -2.31. The highest BCUT2D eigenvalue weighted by molar-refractivity contribution is 8.00. The summed E-state index contributed by atoms with van der Waals surface area (Å²) in [5, 5.41) is 4.34. The van der Waals surface area contributed by atoms with Crippen LogP contribution in [0.1, 0.15) is 43.4 Å². The van der Waals surface area contributed by atoms with Crippen LogP contribution in [0.2, 0.25) is 0 Å². The summed E-state index contributed by atoms with van der Waals surface area (Å²) in [5.41, 5.74) is 2.63. The van der Waals surface area contributed by atoms with Gasteiger partial charge in [-0.2, -0.15) is 11.8 Å². The number of benzene rings is 1. The predicted molar refractivity (Wildman–Crippen MR) is 84.2 cm³/mol. The molecule has 1 saturated heterocycles. The standard InChI is InChI=1S/C16H25NOS/c1-4-17-16(15-7-5-6-10-19-15)13-11-12(2)8-9-14(13)18-3/h8-9,11,15-17H,4-7,10H2,1-3H3. The molecule has 0 amide bonds. The molecule has 2 atom stereocenters. The third-order valence-electron chi connectivity index (χ3n) is 3.73. The lowest BCUT2D eigenvalue weighted by Crippen LogP contribution is -2.32. The number of methoxy groups -OCH3 is 1. The molecule has 2 nitrogen and oxygen atoms in total. The molecule has 1 heterocycles. The van der Waals surface area contributed by atoms with E-state index >= 15 is 0 Å². The Morgan fingerprint density at radius 1 is 1.42 bits per heavy atom. The van der Waals surface area contributed by atoms with Gasteiger partial charge in [0.25, 0.3) is 0 Å². The van der Waals surface area contributed by atoms with Crippen LogP contribution in [-0.2, 0) is 0 Å². The fraction of sp³-hybridized carbons (Fsp3) is 0.625. The first-order chi connectivity index (χ1) is 9.26. The molecular weight excluding hydrogens is 254 g/mol. The summed E-state index contributed by atoms with van der Waals surface area (Å²) in [6, 6.07) is 6.91. The Balaban J connectivity index is 2.28. The van der Waals surface area contributed by atoms with E-state index in [1.807, 2.05) is 0 Å². The summed E-state index contributed by atoms with van der Waals surface area (Å²) < 4.78 is 5.57. The summed E-state index contributed by atoms with van der Waals surface area (Å²) >= 11 is 2.11. The molecule has 2 unspecified atom stereocenters. The van der Waals surface area contributed by atoms with Crippen LogP contribution in [-0.4, -0.2) is 24.7 Å². The van der Waals surface area contributed by atoms with Crippen LogP contribution < -0.4 is 10.1 Å². The minimum absolute atomic E-state index is 0.408. The number of aryl methyl sites for hydroxylation is 1. The molecular formula is C16H25NOS. The molecule has 0 spiro atoms. The first-order valence-electron chi connectivity index (χ1n) is 7.25. The zero-order valence-electron chi connectivity index (χ0n) is 12.2. The zero-order valence-corrected chi connectivity index (χ0v) is 13.1. The lowest BCUT2D eigenvalue weighted by molar-refractivity contribution is 0.394. The first kappa shape index (κ1) is 14.7. The second kappa shape index (κ2) is 7.20. The molecule has 0 radical (unpaired) electrons. The Bertz CT molecular complexity index is 402. The van der Waals surface area contributed by atoms with Gasteiger partial charge in [-0.3, -0.25) is 0 Å². The molecule has 106 valence electrons. The van der Waals surface area contributed by atoms with Gasteiger partial charge in [0, 0.05) is 16.9 Å². The van der Waals surface area contributed by atoms with E-state index < -0.39 is 0 Å². The first-order valence-corrected chi connectivity index (χ1v) is 8.30. The van der Waals surface area contributed by atoms with E-state index in [9.17, 15) is 0 Å². The number of rotatable bonds is 5. The molecule has 1 aliphatic heterocycles. The maximum absolute atomic E-state index is 5.57. The largest absolute Gasteiger partial charge is 0.496 e. The quantitative estimate of drug-likeness (QED) is 0.882. The molecule has 1 aromatic rings. The number of hydrogen-bond acceptors (Lipinski definition) is 3. The molecule has 1 N–H and O–H groups in total. The van der Waals surface area contributed by atoms with E-state index in [-0.39, 0.29) is 0 Å². The van der Waals surface area contributed by atoms with Crippen LogP contribution in [0.3, 0.4) is 0 Å². The normalized spacial score (nSPS) is 21.1. The number of nitrogens with one attached hydrogen (secondary N) is 1. The molecule has 0 aliphatic carbocycles. The van der Waals surface area contributed by atoms with Gasteiger partial charge in [0.05, 0.1) is 7.11 Å². The van der Waals surface area contributed by atoms with Gasteiger partial charge in [-0.05, 0) is 38.1 Å². The van der Waals surface area contributed by atoms with Crippen molar-refractivity contribution >= 4 is 11.8 Å². The third kappa shape index (κ3) is 3.67. The number of ether oxygens (including phenoxy) is 1. The SMILES string of the molecule is CCNC(c1cc(C)ccc1OC)C1CCCCS1. The monoisotopic (exact) mass is 279 g/mol. The van der Waals surface area contributed by atoms with Crippen LogP contribution in [0.25, 0.3) is 0 Å². The topological polar surface area (TPSA) is 21.3 Å². The summed E-state index contributed by atoms with van der Waals surface area (Å²) in [5.74, 6) is 2.31. The minimum Gasteiger partial charge on any atom is -0.496 e. The second-order valence-electron chi connectivity index (χ2n) is 5.19. The van der Waals surface area contributed by atoms with Gasteiger partial charge in [0.15, 0.2) is 0 Å². The van der Waals surface area contributed by atoms with Crippen molar-refractivity contribution in [3.05, 3.63) is 29.3 Å². The minimum atomic E-state index is 0.408. The smallest absolute Gasteiger partial charge is 0.123 e. The Morgan fingerprint density at radius 3 is 2.89 bits per heavy atom. The summed E-state index contributed by atoms with van der Waals surface area (Å²) in [6.07, 6.45) is 4.03. The Kier molecular flexibility index (Phi) is 5.59. The van der Waals surface area contributed by atoms with Crippen molar-refractivity contribution in [1.29, 1.82) is 0 Å². The zero-order chi connectivity index (χ0) is 13.7. The van der Waals surface area contributed by atoms with Crippen molar-refractivity contribution in [2.45, 2.75) is 44.4 Å². The highest BCUT2D eigenvalue weighted by Gasteiger charge is 2.27. The van der Waals surface area contributed by atoms with Crippen LogP contribution in [0, 0.1) is 6.92 Å². The van der Waals surface area contributed by atoms with Crippen LogP contribution >= 0.6 is 11.8 Å². The van der Waals surface area contributed by atoms with Crippen molar-refractivity contribution in [2.24, 2.45) is 0 Å². The van der Waals surface area contributed by atoms with Gasteiger partial charge in [0.2, 0.25) is 0 Å². The summed E-state index contributed by atoms with van der Waals surface area (Å²) in [4.78, 5) is 0. The Morgan fingerprint density at radius 2 is 2.26 bits per heavy atom. The average Bonchev–Trinajstić information content (AvgIpc) is 2.45. The molecule has 3 heteroatoms. The van der Waals surface area contributed by atoms with E-state index in [0.29, 0.717) is 11.3 Å². The van der Waals surface area contributed by atoms with Crippen molar-refractivity contribution in [3.63, 3.8) is 0 Å². The number of thioether (sulfide) groups is 1. The van der Waals surface area contributed by atoms with E-state index in [2.05, 4.69) is 49.1 Å². The molecule has 0 bridgehead atoms. The maximum atomic E-state index is 5.57. The average molecular weight is 279 g/mol. The predicted octanol–water partition coefficient (Wildman–Crippen LogP) is 3.94. The van der Waals surface area contributed by atoms with E-state index in [1.165, 1.54) is 36.1 Å². The van der Waals surface area contributed by atoms with E-state index in [1.54, 1.807) is 7.11 Å². The van der Waals surface area contributed by atoms with Crippen molar-refractivity contribution in [3.8, 4) is 5.75 Å². The summed E-state index contributed by atoms with van der Waals surface area (Å²) in [6.45, 7) is 5.33. The van der Waals surface area contributed by atoms with Crippen molar-refractivity contribution in [2.75, 3.05) is 19.4 Å². The molecule has 0 saturated carbocycles. The van der Waals surface area contributed by atoms with Crippen molar-refractivity contribution < 1.29 is 4.74 Å². The maximum Gasteiger partial charge on any atom is 0.123 e. The van der Waals surface area contributed by atoms with Crippen LogP contribution in [0.5, 0.6) is 5.75 Å². The molecule has 1 aliphatic rings. The van der Waals surface area contributed by atoms with Crippen LogP contribution in [0.15, 0.2) is 18.2 Å². The van der Waals surface area contributed by atoms with Gasteiger partial charge >= 0.3 is 0 Å².